The Morgan fingerprint density at radius 2 is 1.96 bits per heavy atom. The smallest absolute Gasteiger partial charge is 0.410 e. The van der Waals surface area contributed by atoms with Crippen molar-refractivity contribution in [1.29, 1.82) is 0 Å². The molecule has 0 bridgehead atoms. The third-order valence-corrected chi connectivity index (χ3v) is 3.73. The molecule has 2 rings (SSSR count). The van der Waals surface area contributed by atoms with Gasteiger partial charge in [0.2, 0.25) is 5.91 Å². The van der Waals surface area contributed by atoms with Gasteiger partial charge in [0.15, 0.2) is 0 Å². The van der Waals surface area contributed by atoms with E-state index in [9.17, 15) is 14.4 Å². The van der Waals surface area contributed by atoms with E-state index in [1.54, 1.807) is 39.0 Å². The van der Waals surface area contributed by atoms with Gasteiger partial charge in [-0.1, -0.05) is 6.07 Å². The lowest BCUT2D eigenvalue weighted by atomic mass is 10.1. The third kappa shape index (κ3) is 4.95. The van der Waals surface area contributed by atoms with E-state index in [1.165, 1.54) is 18.1 Å². The number of methoxy groups -OCH3 is 1. The molecule has 25 heavy (non-hydrogen) atoms. The number of hydrogen-bond acceptors (Lipinski definition) is 5. The van der Waals surface area contributed by atoms with E-state index >= 15 is 0 Å². The molecule has 1 unspecified atom stereocenters. The maximum atomic E-state index is 12.6. The minimum absolute atomic E-state index is 0.301. The maximum Gasteiger partial charge on any atom is 0.410 e. The number of esters is 1. The first-order chi connectivity index (χ1) is 11.7. The Hall–Kier alpha value is -2.57. The second-order valence-electron chi connectivity index (χ2n) is 6.89. The summed E-state index contributed by atoms with van der Waals surface area (Å²) in [6.07, 6.45) is 0.815. The minimum Gasteiger partial charge on any atom is -0.465 e. The Morgan fingerprint density at radius 1 is 1.24 bits per heavy atom. The van der Waals surface area contributed by atoms with Crippen molar-refractivity contribution < 1.29 is 23.9 Å². The van der Waals surface area contributed by atoms with Crippen molar-refractivity contribution in [2.75, 3.05) is 19.0 Å². The Labute approximate surface area is 147 Å². The van der Waals surface area contributed by atoms with Crippen molar-refractivity contribution >= 4 is 23.7 Å². The van der Waals surface area contributed by atoms with Gasteiger partial charge in [0, 0.05) is 12.2 Å². The Morgan fingerprint density at radius 3 is 2.60 bits per heavy atom. The van der Waals surface area contributed by atoms with Crippen molar-refractivity contribution in [2.45, 2.75) is 45.3 Å². The fraction of sp³-hybridized carbons (Fsp3) is 0.500. The van der Waals surface area contributed by atoms with Crippen molar-refractivity contribution in [2.24, 2.45) is 0 Å². The first-order valence-electron chi connectivity index (χ1n) is 8.20. The molecule has 1 aliphatic heterocycles. The summed E-state index contributed by atoms with van der Waals surface area (Å²) in [7, 11) is 1.30. The lowest BCUT2D eigenvalue weighted by molar-refractivity contribution is -0.120. The van der Waals surface area contributed by atoms with E-state index in [4.69, 9.17) is 4.74 Å². The highest BCUT2D eigenvalue weighted by molar-refractivity contribution is 5.98. The van der Waals surface area contributed by atoms with Crippen molar-refractivity contribution in [3.8, 4) is 0 Å². The molecule has 1 fully saturated rings. The molecule has 2 amide bonds. The van der Waals surface area contributed by atoms with E-state index in [0.717, 1.165) is 6.42 Å². The maximum absolute atomic E-state index is 12.6. The first kappa shape index (κ1) is 18.8. The molecule has 0 aliphatic carbocycles. The molecule has 1 saturated heterocycles. The van der Waals surface area contributed by atoms with Gasteiger partial charge >= 0.3 is 12.1 Å². The zero-order valence-corrected chi connectivity index (χ0v) is 15.0. The van der Waals surface area contributed by atoms with Gasteiger partial charge in [0.1, 0.15) is 11.6 Å². The van der Waals surface area contributed by atoms with Gasteiger partial charge < -0.3 is 14.8 Å². The summed E-state index contributed by atoms with van der Waals surface area (Å²) in [5, 5.41) is 2.75. The summed E-state index contributed by atoms with van der Waals surface area (Å²) in [6.45, 7) is 5.84. The highest BCUT2D eigenvalue weighted by atomic mass is 16.6. The summed E-state index contributed by atoms with van der Waals surface area (Å²) < 4.78 is 10.0. The second-order valence-corrected chi connectivity index (χ2v) is 6.89. The summed E-state index contributed by atoms with van der Waals surface area (Å²) in [4.78, 5) is 37.9. The number of ether oxygens (including phenoxy) is 2. The molecule has 7 nitrogen and oxygen atoms in total. The van der Waals surface area contributed by atoms with Gasteiger partial charge in [0.25, 0.3) is 0 Å². The number of carbonyl (C=O) groups excluding carboxylic acids is 3. The van der Waals surface area contributed by atoms with Crippen LogP contribution in [-0.2, 0) is 14.3 Å². The summed E-state index contributed by atoms with van der Waals surface area (Å²) in [5.41, 5.74) is 0.204. The van der Waals surface area contributed by atoms with Crippen LogP contribution in [-0.4, -0.2) is 48.2 Å². The quantitative estimate of drug-likeness (QED) is 0.849. The molecule has 0 spiro atoms. The molecule has 1 aromatic carbocycles. The van der Waals surface area contributed by atoms with Crippen LogP contribution in [0, 0.1) is 0 Å². The first-order valence-corrected chi connectivity index (χ1v) is 8.20. The number of nitrogens with zero attached hydrogens (tertiary/aromatic N) is 1. The minimum atomic E-state index is -0.616. The number of rotatable bonds is 3. The molecule has 0 aromatic heterocycles. The normalized spacial score (nSPS) is 17.1. The Bertz CT molecular complexity index is 666. The monoisotopic (exact) mass is 348 g/mol. The summed E-state index contributed by atoms with van der Waals surface area (Å²) in [6, 6.07) is 5.89. The predicted octanol–water partition coefficient (Wildman–Crippen LogP) is 2.81. The number of likely N-dealkylation sites (tertiary alicyclic amines) is 1. The number of anilines is 1. The van der Waals surface area contributed by atoms with Crippen LogP contribution in [0.1, 0.15) is 44.0 Å². The molecule has 1 aromatic rings. The molecule has 1 N–H and O–H groups in total. The number of carbonyl (C=O) groups is 3. The molecule has 1 heterocycles. The molecule has 0 saturated carbocycles. The van der Waals surface area contributed by atoms with Gasteiger partial charge in [-0.15, -0.1) is 0 Å². The van der Waals surface area contributed by atoms with Crippen LogP contribution in [0.4, 0.5) is 10.5 Å². The van der Waals surface area contributed by atoms with Crippen molar-refractivity contribution in [1.82, 2.24) is 4.90 Å². The Balaban J connectivity index is 2.07. The molecular formula is C18H24N2O5. The molecule has 136 valence electrons. The SMILES string of the molecule is COC(=O)c1cccc(NC(=O)C2CCCN2C(=O)OC(C)(C)C)c1. The highest BCUT2D eigenvalue weighted by Crippen LogP contribution is 2.22. The summed E-state index contributed by atoms with van der Waals surface area (Å²) >= 11 is 0. The number of amides is 2. The molecule has 0 radical (unpaired) electrons. The average molecular weight is 348 g/mol. The van der Waals surface area contributed by atoms with Gasteiger partial charge in [-0.05, 0) is 51.8 Å². The topological polar surface area (TPSA) is 84.9 Å². The van der Waals surface area contributed by atoms with E-state index < -0.39 is 23.7 Å². The molecule has 1 atom stereocenters. The average Bonchev–Trinajstić information content (AvgIpc) is 3.02. The predicted molar refractivity (Wildman–Crippen MR) is 92.4 cm³/mol. The van der Waals surface area contributed by atoms with Crippen LogP contribution in [0.5, 0.6) is 0 Å². The number of hydrogen-bond donors (Lipinski definition) is 1. The largest absolute Gasteiger partial charge is 0.465 e. The van der Waals surface area contributed by atoms with Crippen LogP contribution in [0.15, 0.2) is 24.3 Å². The van der Waals surface area contributed by atoms with Crippen LogP contribution in [0.25, 0.3) is 0 Å². The lowest BCUT2D eigenvalue weighted by Gasteiger charge is -2.28. The third-order valence-electron chi connectivity index (χ3n) is 3.73. The molecular weight excluding hydrogens is 324 g/mol. The van der Waals surface area contributed by atoms with E-state index in [1.807, 2.05) is 0 Å². The van der Waals surface area contributed by atoms with Gasteiger partial charge in [-0.2, -0.15) is 0 Å². The standard InChI is InChI=1S/C18H24N2O5/c1-18(2,3)25-17(23)20-10-6-9-14(20)15(21)19-13-8-5-7-12(11-13)16(22)24-4/h5,7-8,11,14H,6,9-10H2,1-4H3,(H,19,21). The van der Waals surface area contributed by atoms with Gasteiger partial charge in [-0.3, -0.25) is 9.69 Å². The van der Waals surface area contributed by atoms with Crippen LogP contribution in [0.2, 0.25) is 0 Å². The van der Waals surface area contributed by atoms with Crippen LogP contribution in [0.3, 0.4) is 0 Å². The second kappa shape index (κ2) is 7.55. The zero-order valence-electron chi connectivity index (χ0n) is 15.0. The Kier molecular flexibility index (Phi) is 5.66. The fourth-order valence-corrected chi connectivity index (χ4v) is 2.65. The van der Waals surface area contributed by atoms with E-state index in [-0.39, 0.29) is 5.91 Å². The highest BCUT2D eigenvalue weighted by Gasteiger charge is 2.36. The molecule has 1 aliphatic rings. The van der Waals surface area contributed by atoms with E-state index in [2.05, 4.69) is 10.1 Å². The van der Waals surface area contributed by atoms with Crippen LogP contribution < -0.4 is 5.32 Å². The van der Waals surface area contributed by atoms with E-state index in [0.29, 0.717) is 24.2 Å². The summed E-state index contributed by atoms with van der Waals surface area (Å²) in [5.74, 6) is -0.780. The van der Waals surface area contributed by atoms with Gasteiger partial charge in [0.05, 0.1) is 12.7 Å². The zero-order chi connectivity index (χ0) is 18.6. The fourth-order valence-electron chi connectivity index (χ4n) is 2.65. The van der Waals surface area contributed by atoms with Crippen molar-refractivity contribution in [3.05, 3.63) is 29.8 Å². The van der Waals surface area contributed by atoms with Crippen LogP contribution >= 0.6 is 0 Å². The lowest BCUT2D eigenvalue weighted by Crippen LogP contribution is -2.45. The number of nitrogens with one attached hydrogen (secondary N) is 1. The number of benzene rings is 1. The molecule has 7 heteroatoms. The van der Waals surface area contributed by atoms with Gasteiger partial charge in [-0.25, -0.2) is 9.59 Å². The van der Waals surface area contributed by atoms with Crippen molar-refractivity contribution in [3.63, 3.8) is 0 Å².